The molecule has 2 N–H and O–H groups in total. The van der Waals surface area contributed by atoms with Gasteiger partial charge in [0.05, 0.1) is 38.0 Å². The largest absolute Gasteiger partial charge is 0.507 e. The van der Waals surface area contributed by atoms with Crippen LogP contribution in [-0.2, 0) is 16.0 Å². The van der Waals surface area contributed by atoms with Crippen molar-refractivity contribution >= 4 is 51.6 Å². The van der Waals surface area contributed by atoms with Gasteiger partial charge in [0, 0.05) is 45.9 Å². The highest BCUT2D eigenvalue weighted by atomic mass is 35.5. The first-order valence-electron chi connectivity index (χ1n) is 12.4. The molecule has 1 atom stereocenters. The molecule has 206 valence electrons. The Hall–Kier alpha value is -4.14. The lowest BCUT2D eigenvalue weighted by molar-refractivity contribution is -0.139. The molecule has 8 nitrogen and oxygen atoms in total. The van der Waals surface area contributed by atoms with Gasteiger partial charge >= 0.3 is 0 Å². The van der Waals surface area contributed by atoms with E-state index < -0.39 is 23.5 Å². The summed E-state index contributed by atoms with van der Waals surface area (Å²) in [5.74, 6) is -0.343. The lowest BCUT2D eigenvalue weighted by atomic mass is 9.94. The van der Waals surface area contributed by atoms with Crippen LogP contribution in [0.25, 0.3) is 16.7 Å². The minimum absolute atomic E-state index is 0.0988. The Balaban J connectivity index is 1.62. The molecule has 0 aliphatic carbocycles. The van der Waals surface area contributed by atoms with Crippen molar-refractivity contribution in [1.29, 1.82) is 0 Å². The van der Waals surface area contributed by atoms with Gasteiger partial charge in [-0.1, -0.05) is 23.2 Å². The highest BCUT2D eigenvalue weighted by Crippen LogP contribution is 2.44. The van der Waals surface area contributed by atoms with Crippen LogP contribution in [0.3, 0.4) is 0 Å². The van der Waals surface area contributed by atoms with Crippen molar-refractivity contribution in [1.82, 2.24) is 9.88 Å². The highest BCUT2D eigenvalue weighted by Gasteiger charge is 2.47. The van der Waals surface area contributed by atoms with E-state index in [0.717, 1.165) is 16.5 Å². The van der Waals surface area contributed by atoms with E-state index in [-0.39, 0.29) is 22.7 Å². The monoisotopic (exact) mass is 580 g/mol. The highest BCUT2D eigenvalue weighted by molar-refractivity contribution is 6.47. The van der Waals surface area contributed by atoms with E-state index in [2.05, 4.69) is 4.98 Å². The molecule has 0 radical (unpaired) electrons. The summed E-state index contributed by atoms with van der Waals surface area (Å²) >= 11 is 12.4. The van der Waals surface area contributed by atoms with E-state index in [0.29, 0.717) is 34.3 Å². The van der Waals surface area contributed by atoms with Gasteiger partial charge in [-0.15, -0.1) is 0 Å². The molecule has 40 heavy (non-hydrogen) atoms. The molecule has 4 aromatic rings. The fourth-order valence-corrected chi connectivity index (χ4v) is 5.54. The van der Waals surface area contributed by atoms with Gasteiger partial charge in [-0.2, -0.15) is 0 Å². The molecule has 1 unspecified atom stereocenters. The Morgan fingerprint density at radius 1 is 0.950 bits per heavy atom. The van der Waals surface area contributed by atoms with Crippen LogP contribution in [0.5, 0.6) is 17.2 Å². The molecule has 1 aliphatic rings. The van der Waals surface area contributed by atoms with Crippen molar-refractivity contribution in [2.45, 2.75) is 12.5 Å². The predicted octanol–water partition coefficient (Wildman–Crippen LogP) is 6.16. The number of ketones is 1. The van der Waals surface area contributed by atoms with Crippen LogP contribution in [0, 0.1) is 0 Å². The van der Waals surface area contributed by atoms with E-state index in [9.17, 15) is 14.7 Å². The van der Waals surface area contributed by atoms with Crippen molar-refractivity contribution < 1.29 is 28.9 Å². The number of H-pyrrole nitrogens is 1. The van der Waals surface area contributed by atoms with Gasteiger partial charge in [0.2, 0.25) is 0 Å². The van der Waals surface area contributed by atoms with E-state index in [4.69, 9.17) is 37.4 Å². The van der Waals surface area contributed by atoms with Crippen LogP contribution in [0.4, 0.5) is 0 Å². The van der Waals surface area contributed by atoms with Crippen LogP contribution in [0.2, 0.25) is 10.0 Å². The van der Waals surface area contributed by atoms with Gasteiger partial charge in [0.25, 0.3) is 11.7 Å². The van der Waals surface area contributed by atoms with Crippen LogP contribution in [-0.4, -0.2) is 54.6 Å². The third kappa shape index (κ3) is 4.85. The van der Waals surface area contributed by atoms with Crippen LogP contribution >= 0.6 is 23.2 Å². The number of carbonyl (C=O) groups is 2. The summed E-state index contributed by atoms with van der Waals surface area (Å²) in [7, 11) is 4.61. The van der Waals surface area contributed by atoms with Gasteiger partial charge in [-0.3, -0.25) is 9.59 Å². The Bertz CT molecular complexity index is 1660. The SMILES string of the molecule is COc1ccc(C2/C(=C(/O)c3ccc(Cl)cc3Cl)C(=O)C(=O)N2CCc2c[nH]c3ccc(OC)cc23)c(OC)c1. The molecular weight excluding hydrogens is 555 g/mol. The molecule has 5 rings (SSSR count). The number of hydrogen-bond acceptors (Lipinski definition) is 6. The number of likely N-dealkylation sites (tertiary alicyclic amines) is 1. The maximum atomic E-state index is 13.5. The zero-order chi connectivity index (χ0) is 28.6. The summed E-state index contributed by atoms with van der Waals surface area (Å²) in [6.07, 6.45) is 2.30. The van der Waals surface area contributed by atoms with Crippen molar-refractivity contribution in [3.8, 4) is 17.2 Å². The number of carbonyl (C=O) groups excluding carboxylic acids is 2. The third-order valence-electron chi connectivity index (χ3n) is 7.06. The quantitative estimate of drug-likeness (QED) is 0.147. The van der Waals surface area contributed by atoms with Gasteiger partial charge < -0.3 is 29.2 Å². The molecule has 1 fully saturated rings. The lowest BCUT2D eigenvalue weighted by Gasteiger charge is -2.27. The van der Waals surface area contributed by atoms with Gasteiger partial charge in [-0.25, -0.2) is 0 Å². The van der Waals surface area contributed by atoms with E-state index in [1.807, 2.05) is 24.4 Å². The van der Waals surface area contributed by atoms with Crippen LogP contribution in [0.15, 0.2) is 66.4 Å². The fraction of sp³-hybridized carbons (Fsp3) is 0.200. The average molecular weight is 581 g/mol. The minimum Gasteiger partial charge on any atom is -0.507 e. The molecule has 1 aromatic heterocycles. The van der Waals surface area contributed by atoms with Gasteiger partial charge in [-0.05, 0) is 60.5 Å². The number of amides is 1. The molecule has 2 heterocycles. The Morgan fingerprint density at radius 3 is 2.38 bits per heavy atom. The summed E-state index contributed by atoms with van der Waals surface area (Å²) in [5, 5.41) is 12.9. The lowest BCUT2D eigenvalue weighted by Crippen LogP contribution is -2.31. The first-order chi connectivity index (χ1) is 19.3. The summed E-state index contributed by atoms with van der Waals surface area (Å²) in [4.78, 5) is 31.7. The average Bonchev–Trinajstić information content (AvgIpc) is 3.48. The van der Waals surface area contributed by atoms with Gasteiger partial charge in [0.15, 0.2) is 0 Å². The normalized spacial score (nSPS) is 16.5. The number of ether oxygens (including phenoxy) is 3. The molecular formula is C30H26Cl2N2O6. The van der Waals surface area contributed by atoms with Crippen LogP contribution in [0.1, 0.15) is 22.7 Å². The summed E-state index contributed by atoms with van der Waals surface area (Å²) in [5.41, 5.74) is 2.46. The first kappa shape index (κ1) is 27.4. The number of rotatable bonds is 8. The number of aliphatic hydroxyl groups is 1. The first-order valence-corrected chi connectivity index (χ1v) is 13.1. The number of benzene rings is 3. The number of fused-ring (bicyclic) bond motifs is 1. The molecule has 1 aliphatic heterocycles. The third-order valence-corrected chi connectivity index (χ3v) is 7.61. The van der Waals surface area contributed by atoms with E-state index in [1.54, 1.807) is 31.4 Å². The molecule has 1 saturated heterocycles. The number of aliphatic hydroxyl groups excluding tert-OH is 1. The number of methoxy groups -OCH3 is 3. The van der Waals surface area contributed by atoms with E-state index in [1.165, 1.54) is 31.3 Å². The Kier molecular flexibility index (Phi) is 7.65. The molecule has 1 amide bonds. The Morgan fingerprint density at radius 2 is 1.68 bits per heavy atom. The molecule has 0 bridgehead atoms. The second-order valence-electron chi connectivity index (χ2n) is 9.20. The number of aromatic amines is 1. The van der Waals surface area contributed by atoms with Crippen molar-refractivity contribution in [3.05, 3.63) is 93.1 Å². The number of halogens is 2. The summed E-state index contributed by atoms with van der Waals surface area (Å²) in [6.45, 7) is 0.180. The summed E-state index contributed by atoms with van der Waals surface area (Å²) in [6, 6.07) is 14.4. The molecule has 10 heteroatoms. The smallest absolute Gasteiger partial charge is 0.295 e. The maximum absolute atomic E-state index is 13.5. The van der Waals surface area contributed by atoms with Crippen molar-refractivity contribution in [2.24, 2.45) is 0 Å². The fourth-order valence-electron chi connectivity index (χ4n) is 5.04. The molecule has 0 saturated carbocycles. The standard InChI is InChI=1S/C30H26Cl2N2O6/c1-38-18-6-9-24-22(13-18)16(15-33-24)10-11-34-27(21-8-5-19(39-2)14-25(21)40-3)26(29(36)30(34)37)28(35)20-7-4-17(31)12-23(20)32/h4-9,12-15,27,33,35H,10-11H2,1-3H3/b28-26-. The number of aromatic nitrogens is 1. The van der Waals surface area contributed by atoms with Gasteiger partial charge in [0.1, 0.15) is 23.0 Å². The second-order valence-corrected chi connectivity index (χ2v) is 10.0. The Labute approximate surface area is 240 Å². The number of nitrogens with one attached hydrogen (secondary N) is 1. The summed E-state index contributed by atoms with van der Waals surface area (Å²) < 4.78 is 16.3. The second kappa shape index (κ2) is 11.2. The molecule has 0 spiro atoms. The van der Waals surface area contributed by atoms with Crippen LogP contribution < -0.4 is 14.2 Å². The number of Topliss-reactive ketones (excluding diaryl/α,β-unsaturated/α-hetero) is 1. The zero-order valence-electron chi connectivity index (χ0n) is 22.0. The zero-order valence-corrected chi connectivity index (χ0v) is 23.5. The number of hydrogen-bond donors (Lipinski definition) is 2. The topological polar surface area (TPSA) is 101 Å². The number of nitrogens with zero attached hydrogens (tertiary/aromatic N) is 1. The minimum atomic E-state index is -0.952. The van der Waals surface area contributed by atoms with Crippen molar-refractivity contribution in [3.63, 3.8) is 0 Å². The maximum Gasteiger partial charge on any atom is 0.295 e. The predicted molar refractivity (Wildman–Crippen MR) is 154 cm³/mol. The van der Waals surface area contributed by atoms with Crippen molar-refractivity contribution in [2.75, 3.05) is 27.9 Å². The molecule has 3 aromatic carbocycles. The van der Waals surface area contributed by atoms with E-state index >= 15 is 0 Å².